The summed E-state index contributed by atoms with van der Waals surface area (Å²) in [7, 11) is 0. The first-order chi connectivity index (χ1) is 18.9. The van der Waals surface area contributed by atoms with Crippen LogP contribution in [0.4, 0.5) is 5.69 Å². The lowest BCUT2D eigenvalue weighted by Crippen LogP contribution is -2.24. The first-order valence-electron chi connectivity index (χ1n) is 12.4. The Morgan fingerprint density at radius 1 is 1.10 bits per heavy atom. The minimum atomic E-state index is -0.695. The molecule has 0 bridgehead atoms. The molecular formula is C29H29BrN4O6. The van der Waals surface area contributed by atoms with Crippen LogP contribution in [0.5, 0.6) is 11.5 Å². The predicted molar refractivity (Wildman–Crippen MR) is 155 cm³/mol. The Morgan fingerprint density at radius 2 is 1.77 bits per heavy atom. The number of amides is 1. The average molecular weight is 609 g/mol. The van der Waals surface area contributed by atoms with Crippen molar-refractivity contribution >= 4 is 33.7 Å². The maximum Gasteiger partial charge on any atom is 0.312 e. The fourth-order valence-corrected chi connectivity index (χ4v) is 4.43. The van der Waals surface area contributed by atoms with Crippen LogP contribution >= 0.6 is 15.9 Å². The number of nitrogens with zero attached hydrogens (tertiary/aromatic N) is 3. The van der Waals surface area contributed by atoms with Gasteiger partial charge in [-0.2, -0.15) is 5.10 Å². The van der Waals surface area contributed by atoms with Crippen LogP contribution in [0, 0.1) is 24.0 Å². The van der Waals surface area contributed by atoms with Crippen molar-refractivity contribution in [3.8, 4) is 17.2 Å². The van der Waals surface area contributed by atoms with E-state index in [1.54, 1.807) is 32.9 Å². The lowest BCUT2D eigenvalue weighted by Gasteiger charge is -2.22. The third kappa shape index (κ3) is 6.97. The Kier molecular flexibility index (Phi) is 8.43. The maximum absolute atomic E-state index is 12.6. The quantitative estimate of drug-likeness (QED) is 0.126. The molecule has 208 valence electrons. The van der Waals surface area contributed by atoms with E-state index in [9.17, 15) is 14.9 Å². The van der Waals surface area contributed by atoms with Gasteiger partial charge in [-0.1, -0.05) is 15.9 Å². The number of benzene rings is 2. The molecule has 0 aliphatic carbocycles. The Hall–Kier alpha value is -4.38. The number of nitro groups is 1. The van der Waals surface area contributed by atoms with E-state index in [1.165, 1.54) is 18.3 Å². The third-order valence-corrected chi connectivity index (χ3v) is 6.13. The van der Waals surface area contributed by atoms with Crippen molar-refractivity contribution in [2.45, 2.75) is 46.8 Å². The summed E-state index contributed by atoms with van der Waals surface area (Å²) in [5, 5.41) is 15.5. The second-order valence-corrected chi connectivity index (χ2v) is 10.9. The van der Waals surface area contributed by atoms with Gasteiger partial charge in [0.05, 0.1) is 11.1 Å². The molecule has 1 amide bonds. The zero-order valence-corrected chi connectivity index (χ0v) is 24.3. The van der Waals surface area contributed by atoms with Crippen LogP contribution in [0.3, 0.4) is 0 Å². The van der Waals surface area contributed by atoms with Gasteiger partial charge in [0, 0.05) is 33.2 Å². The number of carbonyl (C=O) groups excluding carboxylic acids is 1. The largest absolute Gasteiger partial charge is 0.486 e. The smallest absolute Gasteiger partial charge is 0.312 e. The number of hydrazone groups is 1. The molecule has 11 heteroatoms. The zero-order valence-electron chi connectivity index (χ0n) is 22.7. The van der Waals surface area contributed by atoms with E-state index in [4.69, 9.17) is 13.9 Å². The van der Waals surface area contributed by atoms with Crippen LogP contribution in [0.1, 0.15) is 54.0 Å². The van der Waals surface area contributed by atoms with Crippen LogP contribution in [0.2, 0.25) is 0 Å². The van der Waals surface area contributed by atoms with Crippen LogP contribution in [0.25, 0.3) is 5.69 Å². The van der Waals surface area contributed by atoms with Gasteiger partial charge >= 0.3 is 11.6 Å². The van der Waals surface area contributed by atoms with Crippen molar-refractivity contribution in [2.24, 2.45) is 5.10 Å². The summed E-state index contributed by atoms with van der Waals surface area (Å²) >= 11 is 3.27. The van der Waals surface area contributed by atoms with E-state index in [-0.39, 0.29) is 23.8 Å². The SMILES string of the molecule is Cc1ccc(C)n1-c1ccc(OCc2ccc(C(=O)N/N=C/c3cc(Br)cc([N+](=O)[O-])c3OC(C)(C)C)o2)cc1. The Balaban J connectivity index is 1.39. The molecule has 0 unspecified atom stereocenters. The summed E-state index contributed by atoms with van der Waals surface area (Å²) in [6, 6.07) is 18.0. The van der Waals surface area contributed by atoms with Gasteiger partial charge < -0.3 is 18.5 Å². The van der Waals surface area contributed by atoms with E-state index in [0.29, 0.717) is 21.5 Å². The molecule has 1 N–H and O–H groups in total. The minimum Gasteiger partial charge on any atom is -0.486 e. The molecule has 0 radical (unpaired) electrons. The van der Waals surface area contributed by atoms with Crippen LogP contribution in [-0.4, -0.2) is 27.2 Å². The second kappa shape index (κ2) is 11.8. The number of ether oxygens (including phenoxy) is 2. The molecule has 2 heterocycles. The predicted octanol–water partition coefficient (Wildman–Crippen LogP) is 6.88. The summed E-state index contributed by atoms with van der Waals surface area (Å²) in [6.07, 6.45) is 1.28. The normalized spacial score (nSPS) is 11.6. The number of nitro benzene ring substituents is 1. The standard InChI is InChI=1S/C29H29BrN4O6/c1-18-6-7-19(2)33(18)22-8-10-23(11-9-22)38-17-24-12-13-26(39-24)28(35)32-31-16-20-14-21(30)15-25(34(36)37)27(20)40-29(3,4)5/h6-16H,17H2,1-5H3,(H,32,35)/b31-16+. The molecule has 0 saturated heterocycles. The summed E-state index contributed by atoms with van der Waals surface area (Å²) in [5.41, 5.74) is 5.11. The molecule has 0 atom stereocenters. The third-order valence-electron chi connectivity index (χ3n) is 5.67. The highest BCUT2D eigenvalue weighted by Crippen LogP contribution is 2.36. The average Bonchev–Trinajstić information content (AvgIpc) is 3.49. The van der Waals surface area contributed by atoms with Gasteiger partial charge in [0.15, 0.2) is 5.76 Å². The lowest BCUT2D eigenvalue weighted by atomic mass is 10.1. The topological polar surface area (TPSA) is 121 Å². The van der Waals surface area contributed by atoms with Gasteiger partial charge in [0.2, 0.25) is 5.75 Å². The Labute approximate surface area is 239 Å². The van der Waals surface area contributed by atoms with Gasteiger partial charge in [-0.25, -0.2) is 5.43 Å². The molecule has 0 spiro atoms. The first-order valence-corrected chi connectivity index (χ1v) is 13.2. The Bertz CT molecular complexity index is 1540. The minimum absolute atomic E-state index is 0.0380. The number of halogens is 1. The molecule has 2 aromatic heterocycles. The number of rotatable bonds is 9. The van der Waals surface area contributed by atoms with E-state index in [2.05, 4.69) is 57.0 Å². The van der Waals surface area contributed by atoms with Crippen LogP contribution < -0.4 is 14.9 Å². The van der Waals surface area contributed by atoms with E-state index in [0.717, 1.165) is 17.1 Å². The zero-order chi connectivity index (χ0) is 29.0. The van der Waals surface area contributed by atoms with Crippen molar-refractivity contribution in [3.05, 3.63) is 104 Å². The number of nitrogens with one attached hydrogen (secondary N) is 1. The van der Waals surface area contributed by atoms with E-state index in [1.807, 2.05) is 24.3 Å². The van der Waals surface area contributed by atoms with Crippen molar-refractivity contribution < 1.29 is 23.6 Å². The van der Waals surface area contributed by atoms with Crippen molar-refractivity contribution in [2.75, 3.05) is 0 Å². The molecule has 10 nitrogen and oxygen atoms in total. The van der Waals surface area contributed by atoms with Gasteiger partial charge in [0.25, 0.3) is 0 Å². The molecule has 0 aliphatic rings. The van der Waals surface area contributed by atoms with Crippen molar-refractivity contribution in [1.29, 1.82) is 0 Å². The second-order valence-electron chi connectivity index (χ2n) is 10.0. The molecule has 4 rings (SSSR count). The number of hydrogen-bond donors (Lipinski definition) is 1. The monoisotopic (exact) mass is 608 g/mol. The number of furan rings is 1. The van der Waals surface area contributed by atoms with E-state index >= 15 is 0 Å². The molecule has 0 saturated carbocycles. The number of aryl methyl sites for hydroxylation is 2. The highest BCUT2D eigenvalue weighted by molar-refractivity contribution is 9.10. The molecular weight excluding hydrogens is 580 g/mol. The van der Waals surface area contributed by atoms with E-state index < -0.39 is 16.4 Å². The number of hydrogen-bond acceptors (Lipinski definition) is 7. The summed E-state index contributed by atoms with van der Waals surface area (Å²) in [5.74, 6) is 0.610. The highest BCUT2D eigenvalue weighted by atomic mass is 79.9. The Morgan fingerprint density at radius 3 is 2.40 bits per heavy atom. The maximum atomic E-state index is 12.6. The lowest BCUT2D eigenvalue weighted by molar-refractivity contribution is -0.386. The summed E-state index contributed by atoms with van der Waals surface area (Å²) in [6.45, 7) is 9.57. The van der Waals surface area contributed by atoms with Gasteiger partial charge in [0.1, 0.15) is 23.7 Å². The van der Waals surface area contributed by atoms with Crippen molar-refractivity contribution in [3.63, 3.8) is 0 Å². The van der Waals surface area contributed by atoms with Gasteiger partial charge in [-0.05, 0) is 89.2 Å². The van der Waals surface area contributed by atoms with Crippen LogP contribution in [-0.2, 0) is 6.61 Å². The summed E-state index contributed by atoms with van der Waals surface area (Å²) in [4.78, 5) is 23.6. The molecule has 0 aliphatic heterocycles. The fourth-order valence-electron chi connectivity index (χ4n) is 3.96. The number of aromatic nitrogens is 1. The van der Waals surface area contributed by atoms with Crippen LogP contribution in [0.15, 0.2) is 74.7 Å². The first kappa shape index (κ1) is 28.6. The number of carbonyl (C=O) groups is 1. The summed E-state index contributed by atoms with van der Waals surface area (Å²) < 4.78 is 19.9. The van der Waals surface area contributed by atoms with Gasteiger partial charge in [-0.3, -0.25) is 14.9 Å². The van der Waals surface area contributed by atoms with Gasteiger partial charge in [-0.15, -0.1) is 0 Å². The fraction of sp³-hybridized carbons (Fsp3) is 0.241. The molecule has 4 aromatic rings. The molecule has 40 heavy (non-hydrogen) atoms. The highest BCUT2D eigenvalue weighted by Gasteiger charge is 2.25. The molecule has 2 aromatic carbocycles. The van der Waals surface area contributed by atoms with Crippen molar-refractivity contribution in [1.82, 2.24) is 9.99 Å². The molecule has 0 fully saturated rings.